The summed E-state index contributed by atoms with van der Waals surface area (Å²) in [5, 5.41) is 12.9. The van der Waals surface area contributed by atoms with Crippen LogP contribution >= 0.6 is 11.6 Å². The second-order valence-corrected chi connectivity index (χ2v) is 6.16. The summed E-state index contributed by atoms with van der Waals surface area (Å²) in [6.07, 6.45) is 0.799. The normalized spacial score (nSPS) is 10.3. The first kappa shape index (κ1) is 17.8. The van der Waals surface area contributed by atoms with Gasteiger partial charge in [0.2, 0.25) is 0 Å². The Balaban J connectivity index is 1.62. The molecule has 0 spiro atoms. The van der Waals surface area contributed by atoms with Crippen molar-refractivity contribution in [2.45, 2.75) is 6.42 Å². The summed E-state index contributed by atoms with van der Waals surface area (Å²) in [6.45, 7) is 0.538. The highest BCUT2D eigenvalue weighted by Gasteiger charge is 2.12. The van der Waals surface area contributed by atoms with Gasteiger partial charge < -0.3 is 15.2 Å². The lowest BCUT2D eigenvalue weighted by atomic mass is 10.1. The SMILES string of the molecule is O=C(Nc1cccc(OCCc2ccccc2)c1)c1cc(Cl)ccc1O. The van der Waals surface area contributed by atoms with Crippen LogP contribution in [0.5, 0.6) is 11.5 Å². The maximum atomic E-state index is 12.3. The Morgan fingerprint density at radius 2 is 1.81 bits per heavy atom. The molecule has 0 aliphatic rings. The van der Waals surface area contributed by atoms with Gasteiger partial charge in [0.15, 0.2) is 0 Å². The molecule has 3 aromatic carbocycles. The molecule has 3 rings (SSSR count). The van der Waals surface area contributed by atoms with E-state index in [0.29, 0.717) is 23.1 Å². The number of hydrogen-bond acceptors (Lipinski definition) is 3. The third-order valence-electron chi connectivity index (χ3n) is 3.80. The van der Waals surface area contributed by atoms with Crippen molar-refractivity contribution in [2.24, 2.45) is 0 Å². The lowest BCUT2D eigenvalue weighted by molar-refractivity contribution is 0.102. The lowest BCUT2D eigenvalue weighted by Gasteiger charge is -2.10. The highest BCUT2D eigenvalue weighted by molar-refractivity contribution is 6.31. The van der Waals surface area contributed by atoms with Crippen LogP contribution in [-0.2, 0) is 6.42 Å². The minimum Gasteiger partial charge on any atom is -0.507 e. The first-order valence-corrected chi connectivity index (χ1v) is 8.56. The zero-order chi connectivity index (χ0) is 18.4. The van der Waals surface area contributed by atoms with Crippen LogP contribution in [0.15, 0.2) is 72.8 Å². The van der Waals surface area contributed by atoms with Gasteiger partial charge in [0.05, 0.1) is 12.2 Å². The minimum atomic E-state index is -0.438. The van der Waals surface area contributed by atoms with Crippen molar-refractivity contribution < 1.29 is 14.6 Å². The third kappa shape index (κ3) is 4.77. The Bertz CT molecular complexity index is 897. The summed E-state index contributed by atoms with van der Waals surface area (Å²) in [5.41, 5.74) is 1.90. The molecule has 0 fully saturated rings. The molecule has 0 heterocycles. The summed E-state index contributed by atoms with van der Waals surface area (Å²) in [6, 6.07) is 21.5. The fourth-order valence-corrected chi connectivity index (χ4v) is 2.66. The lowest BCUT2D eigenvalue weighted by Crippen LogP contribution is -2.12. The second-order valence-electron chi connectivity index (χ2n) is 5.73. The molecule has 132 valence electrons. The van der Waals surface area contributed by atoms with Crippen LogP contribution in [0.2, 0.25) is 5.02 Å². The molecular formula is C21H18ClNO3. The molecule has 5 heteroatoms. The highest BCUT2D eigenvalue weighted by atomic mass is 35.5. The number of anilines is 1. The topological polar surface area (TPSA) is 58.6 Å². The van der Waals surface area contributed by atoms with Gasteiger partial charge in [-0.15, -0.1) is 0 Å². The number of phenolic OH excluding ortho intramolecular Hbond substituents is 1. The number of hydrogen-bond donors (Lipinski definition) is 2. The number of ether oxygens (including phenoxy) is 1. The predicted octanol–water partition coefficient (Wildman–Crippen LogP) is 4.92. The Kier molecular flexibility index (Phi) is 5.77. The molecule has 0 aromatic heterocycles. The molecule has 0 radical (unpaired) electrons. The molecular weight excluding hydrogens is 350 g/mol. The molecule has 0 saturated carbocycles. The number of amides is 1. The van der Waals surface area contributed by atoms with Gasteiger partial charge >= 0.3 is 0 Å². The van der Waals surface area contributed by atoms with Crippen molar-refractivity contribution in [1.29, 1.82) is 0 Å². The maximum absolute atomic E-state index is 12.3. The van der Waals surface area contributed by atoms with E-state index in [2.05, 4.69) is 17.4 Å². The molecule has 0 unspecified atom stereocenters. The van der Waals surface area contributed by atoms with Crippen molar-refractivity contribution in [3.63, 3.8) is 0 Å². The highest BCUT2D eigenvalue weighted by Crippen LogP contribution is 2.24. The van der Waals surface area contributed by atoms with Gasteiger partial charge in [-0.1, -0.05) is 48.0 Å². The quantitative estimate of drug-likeness (QED) is 0.650. The number of benzene rings is 3. The summed E-state index contributed by atoms with van der Waals surface area (Å²) in [5.74, 6) is 0.0997. The second kappa shape index (κ2) is 8.41. The molecule has 1 amide bonds. The Labute approximate surface area is 157 Å². The monoisotopic (exact) mass is 367 g/mol. The van der Waals surface area contributed by atoms with Crippen LogP contribution in [0.1, 0.15) is 15.9 Å². The summed E-state index contributed by atoms with van der Waals surface area (Å²) < 4.78 is 5.76. The maximum Gasteiger partial charge on any atom is 0.259 e. The minimum absolute atomic E-state index is 0.118. The summed E-state index contributed by atoms with van der Waals surface area (Å²) in [7, 11) is 0. The van der Waals surface area contributed by atoms with Crippen molar-refractivity contribution in [2.75, 3.05) is 11.9 Å². The van der Waals surface area contributed by atoms with Crippen LogP contribution < -0.4 is 10.1 Å². The van der Waals surface area contributed by atoms with E-state index in [9.17, 15) is 9.90 Å². The van der Waals surface area contributed by atoms with Gasteiger partial charge in [0.1, 0.15) is 11.5 Å². The zero-order valence-electron chi connectivity index (χ0n) is 14.0. The summed E-state index contributed by atoms with van der Waals surface area (Å²) >= 11 is 5.89. The van der Waals surface area contributed by atoms with Crippen LogP contribution in [0, 0.1) is 0 Å². The molecule has 0 saturated heterocycles. The number of phenols is 1. The molecule has 0 aliphatic heterocycles. The molecule has 4 nitrogen and oxygen atoms in total. The van der Waals surface area contributed by atoms with Crippen LogP contribution in [-0.4, -0.2) is 17.6 Å². The molecule has 2 N–H and O–H groups in total. The molecule has 26 heavy (non-hydrogen) atoms. The molecule has 3 aromatic rings. The van der Waals surface area contributed by atoms with E-state index in [1.165, 1.54) is 23.8 Å². The van der Waals surface area contributed by atoms with Crippen molar-refractivity contribution in [3.8, 4) is 11.5 Å². The van der Waals surface area contributed by atoms with Crippen LogP contribution in [0.4, 0.5) is 5.69 Å². The molecule has 0 atom stereocenters. The Morgan fingerprint density at radius 3 is 2.62 bits per heavy atom. The van der Waals surface area contributed by atoms with Crippen LogP contribution in [0.25, 0.3) is 0 Å². The third-order valence-corrected chi connectivity index (χ3v) is 4.03. The van der Waals surface area contributed by atoms with Gasteiger partial charge in [-0.2, -0.15) is 0 Å². The Morgan fingerprint density at radius 1 is 1.00 bits per heavy atom. The number of nitrogens with one attached hydrogen (secondary N) is 1. The molecule has 0 bridgehead atoms. The number of carbonyl (C=O) groups excluding carboxylic acids is 1. The summed E-state index contributed by atoms with van der Waals surface area (Å²) in [4.78, 5) is 12.3. The van der Waals surface area contributed by atoms with E-state index >= 15 is 0 Å². The zero-order valence-corrected chi connectivity index (χ0v) is 14.7. The van der Waals surface area contributed by atoms with Crippen LogP contribution in [0.3, 0.4) is 0 Å². The van der Waals surface area contributed by atoms with E-state index in [0.717, 1.165) is 6.42 Å². The number of carbonyl (C=O) groups is 1. The number of rotatable bonds is 6. The average molecular weight is 368 g/mol. The van der Waals surface area contributed by atoms with Gasteiger partial charge in [-0.25, -0.2) is 0 Å². The van der Waals surface area contributed by atoms with E-state index in [1.54, 1.807) is 18.2 Å². The Hall–Kier alpha value is -2.98. The largest absolute Gasteiger partial charge is 0.507 e. The fourth-order valence-electron chi connectivity index (χ4n) is 2.48. The standard InChI is InChI=1S/C21H18ClNO3/c22-16-9-10-20(24)19(13-16)21(25)23-17-7-4-8-18(14-17)26-12-11-15-5-2-1-3-6-15/h1-10,13-14,24H,11-12H2,(H,23,25). The van der Waals surface area contributed by atoms with E-state index in [4.69, 9.17) is 16.3 Å². The van der Waals surface area contributed by atoms with Gasteiger partial charge in [0.25, 0.3) is 5.91 Å². The molecule has 0 aliphatic carbocycles. The number of halogens is 1. The van der Waals surface area contributed by atoms with E-state index in [-0.39, 0.29) is 11.3 Å². The van der Waals surface area contributed by atoms with Crippen molar-refractivity contribution in [1.82, 2.24) is 0 Å². The smallest absolute Gasteiger partial charge is 0.259 e. The first-order valence-electron chi connectivity index (χ1n) is 8.18. The fraction of sp³-hybridized carbons (Fsp3) is 0.0952. The van der Waals surface area contributed by atoms with Gasteiger partial charge in [-0.05, 0) is 35.9 Å². The van der Waals surface area contributed by atoms with Crippen molar-refractivity contribution in [3.05, 3.63) is 88.9 Å². The first-order chi connectivity index (χ1) is 12.6. The van der Waals surface area contributed by atoms with Gasteiger partial charge in [0, 0.05) is 23.2 Å². The van der Waals surface area contributed by atoms with E-state index < -0.39 is 5.91 Å². The van der Waals surface area contributed by atoms with Crippen molar-refractivity contribution >= 4 is 23.2 Å². The predicted molar refractivity (Wildman–Crippen MR) is 103 cm³/mol. The number of aromatic hydroxyl groups is 1. The van der Waals surface area contributed by atoms with Gasteiger partial charge in [-0.3, -0.25) is 4.79 Å². The van der Waals surface area contributed by atoms with E-state index in [1.807, 2.05) is 24.3 Å². The average Bonchev–Trinajstić information content (AvgIpc) is 2.65.